The number of carbonyl (C=O) groups excluding carboxylic acids is 1. The van der Waals surface area contributed by atoms with E-state index in [4.69, 9.17) is 0 Å². The Balaban J connectivity index is 3.14. The van der Waals surface area contributed by atoms with Crippen LogP contribution in [0, 0.1) is 0 Å². The van der Waals surface area contributed by atoms with E-state index in [0.29, 0.717) is 10.3 Å². The Morgan fingerprint density at radius 1 is 0.900 bits per heavy atom. The zero-order valence-electron chi connectivity index (χ0n) is 13.5. The third-order valence-electron chi connectivity index (χ3n) is 3.74. The molecule has 2 nitrogen and oxygen atoms in total. The van der Waals surface area contributed by atoms with Crippen LogP contribution in [-0.2, 0) is 9.53 Å². The quantitative estimate of drug-likeness (QED) is 0.155. The van der Waals surface area contributed by atoms with Gasteiger partial charge in [0.2, 0.25) is 0 Å². The summed E-state index contributed by atoms with van der Waals surface area (Å²) in [7, 11) is 1.47. The van der Waals surface area contributed by atoms with Gasteiger partial charge in [-0.25, -0.2) is 0 Å². The van der Waals surface area contributed by atoms with Crippen LogP contribution >= 0.6 is 22.6 Å². The SMILES string of the molecule is CCCCCCCCCCCCCC(I)CC(=O)OC. The Bertz CT molecular complexity index is 219. The minimum absolute atomic E-state index is 0.0764. The van der Waals surface area contributed by atoms with Crippen LogP contribution in [0.15, 0.2) is 0 Å². The molecule has 0 radical (unpaired) electrons. The van der Waals surface area contributed by atoms with Gasteiger partial charge < -0.3 is 4.74 Å². The van der Waals surface area contributed by atoms with E-state index < -0.39 is 0 Å². The van der Waals surface area contributed by atoms with Gasteiger partial charge in [0.15, 0.2) is 0 Å². The predicted molar refractivity (Wildman–Crippen MR) is 95.5 cm³/mol. The highest BCUT2D eigenvalue weighted by Crippen LogP contribution is 2.17. The molecule has 20 heavy (non-hydrogen) atoms. The largest absolute Gasteiger partial charge is 0.469 e. The second-order valence-corrected chi connectivity index (χ2v) is 7.46. The summed E-state index contributed by atoms with van der Waals surface area (Å²) in [5.74, 6) is -0.0764. The maximum Gasteiger partial charge on any atom is 0.306 e. The predicted octanol–water partition coefficient (Wildman–Crippen LogP) is 6.05. The summed E-state index contributed by atoms with van der Waals surface area (Å²) in [5.41, 5.74) is 0. The topological polar surface area (TPSA) is 26.3 Å². The molecule has 1 unspecified atom stereocenters. The lowest BCUT2D eigenvalue weighted by molar-refractivity contribution is -0.140. The summed E-state index contributed by atoms with van der Waals surface area (Å²) in [6, 6.07) is 0. The molecule has 1 atom stereocenters. The van der Waals surface area contributed by atoms with E-state index in [2.05, 4.69) is 34.3 Å². The van der Waals surface area contributed by atoms with Crippen LogP contribution in [-0.4, -0.2) is 17.0 Å². The standard InChI is InChI=1S/C17H33IO2/c1-3-4-5-6-7-8-9-10-11-12-13-14-16(18)15-17(19)20-2/h16H,3-15H2,1-2H3. The molecule has 0 bridgehead atoms. The van der Waals surface area contributed by atoms with Crippen molar-refractivity contribution in [3.05, 3.63) is 0 Å². The van der Waals surface area contributed by atoms with Crippen LogP contribution < -0.4 is 0 Å². The first-order chi connectivity index (χ1) is 9.70. The van der Waals surface area contributed by atoms with E-state index in [0.717, 1.165) is 6.42 Å². The average Bonchev–Trinajstić information content (AvgIpc) is 2.44. The van der Waals surface area contributed by atoms with Gasteiger partial charge in [0, 0.05) is 3.92 Å². The summed E-state index contributed by atoms with van der Waals surface area (Å²) in [6.07, 6.45) is 16.9. The van der Waals surface area contributed by atoms with Gasteiger partial charge in [-0.1, -0.05) is 100 Å². The van der Waals surface area contributed by atoms with Crippen molar-refractivity contribution < 1.29 is 9.53 Å². The summed E-state index contributed by atoms with van der Waals surface area (Å²) < 4.78 is 5.13. The molecule has 0 aromatic rings. The van der Waals surface area contributed by atoms with Crippen molar-refractivity contribution in [3.8, 4) is 0 Å². The normalized spacial score (nSPS) is 12.3. The highest BCUT2D eigenvalue weighted by molar-refractivity contribution is 14.1. The van der Waals surface area contributed by atoms with Crippen LogP contribution in [0.2, 0.25) is 0 Å². The van der Waals surface area contributed by atoms with Gasteiger partial charge in [-0.2, -0.15) is 0 Å². The second-order valence-electron chi connectivity index (χ2n) is 5.70. The van der Waals surface area contributed by atoms with Crippen LogP contribution in [0.4, 0.5) is 0 Å². The molecule has 120 valence electrons. The smallest absolute Gasteiger partial charge is 0.306 e. The molecule has 0 aromatic heterocycles. The van der Waals surface area contributed by atoms with E-state index in [-0.39, 0.29) is 5.97 Å². The molecular formula is C17H33IO2. The summed E-state index contributed by atoms with van der Waals surface area (Å²) in [5, 5.41) is 0. The number of ether oxygens (including phenoxy) is 1. The number of hydrogen-bond donors (Lipinski definition) is 0. The number of carbonyl (C=O) groups is 1. The van der Waals surface area contributed by atoms with E-state index in [1.54, 1.807) is 0 Å². The van der Waals surface area contributed by atoms with E-state index in [9.17, 15) is 4.79 Å². The van der Waals surface area contributed by atoms with Gasteiger partial charge in [0.05, 0.1) is 13.5 Å². The lowest BCUT2D eigenvalue weighted by Gasteiger charge is -2.08. The van der Waals surface area contributed by atoms with Crippen molar-refractivity contribution >= 4 is 28.6 Å². The van der Waals surface area contributed by atoms with Crippen molar-refractivity contribution in [2.24, 2.45) is 0 Å². The van der Waals surface area contributed by atoms with Crippen LogP contribution in [0.3, 0.4) is 0 Å². The Kier molecular flexibility index (Phi) is 15.7. The van der Waals surface area contributed by atoms with Crippen molar-refractivity contribution in [1.82, 2.24) is 0 Å². The molecule has 0 aromatic carbocycles. The number of methoxy groups -OCH3 is 1. The number of hydrogen-bond acceptors (Lipinski definition) is 2. The Morgan fingerprint density at radius 3 is 1.80 bits per heavy atom. The molecule has 0 rings (SSSR count). The highest BCUT2D eigenvalue weighted by Gasteiger charge is 2.09. The molecule has 0 fully saturated rings. The number of rotatable bonds is 14. The molecule has 0 aliphatic carbocycles. The van der Waals surface area contributed by atoms with Crippen LogP contribution in [0.25, 0.3) is 0 Å². The van der Waals surface area contributed by atoms with Gasteiger partial charge >= 0.3 is 5.97 Å². The first-order valence-electron chi connectivity index (χ1n) is 8.41. The van der Waals surface area contributed by atoms with Crippen LogP contribution in [0.5, 0.6) is 0 Å². The Morgan fingerprint density at radius 2 is 1.35 bits per heavy atom. The molecule has 3 heteroatoms. The molecule has 0 amide bonds. The van der Waals surface area contributed by atoms with E-state index >= 15 is 0 Å². The maximum atomic E-state index is 11.1. The van der Waals surface area contributed by atoms with Crippen molar-refractivity contribution in [2.45, 2.75) is 94.3 Å². The minimum atomic E-state index is -0.0764. The molecule has 0 spiro atoms. The third kappa shape index (κ3) is 14.6. The van der Waals surface area contributed by atoms with Gasteiger partial charge in [0.25, 0.3) is 0 Å². The number of esters is 1. The molecule has 0 aliphatic heterocycles. The van der Waals surface area contributed by atoms with Crippen molar-refractivity contribution in [2.75, 3.05) is 7.11 Å². The molecule has 0 saturated heterocycles. The fourth-order valence-electron chi connectivity index (χ4n) is 2.40. The maximum absolute atomic E-state index is 11.1. The molecule has 0 aliphatic rings. The minimum Gasteiger partial charge on any atom is -0.469 e. The summed E-state index contributed by atoms with van der Waals surface area (Å²) >= 11 is 2.37. The van der Waals surface area contributed by atoms with Gasteiger partial charge in [-0.3, -0.25) is 4.79 Å². The first-order valence-corrected chi connectivity index (χ1v) is 9.66. The fourth-order valence-corrected chi connectivity index (χ4v) is 3.20. The molecule has 0 saturated carbocycles. The summed E-state index contributed by atoms with van der Waals surface area (Å²) in [6.45, 7) is 2.27. The Hall–Kier alpha value is 0.200. The van der Waals surface area contributed by atoms with Crippen molar-refractivity contribution in [3.63, 3.8) is 0 Å². The zero-order valence-corrected chi connectivity index (χ0v) is 15.6. The van der Waals surface area contributed by atoms with E-state index in [1.165, 1.54) is 77.7 Å². The molecule has 0 heterocycles. The summed E-state index contributed by atoms with van der Waals surface area (Å²) in [4.78, 5) is 11.1. The zero-order chi connectivity index (χ0) is 15.1. The number of unbranched alkanes of at least 4 members (excludes halogenated alkanes) is 10. The number of alkyl halides is 1. The van der Waals surface area contributed by atoms with Gasteiger partial charge in [-0.15, -0.1) is 0 Å². The second kappa shape index (κ2) is 15.6. The lowest BCUT2D eigenvalue weighted by Crippen LogP contribution is -2.08. The van der Waals surface area contributed by atoms with Crippen molar-refractivity contribution in [1.29, 1.82) is 0 Å². The van der Waals surface area contributed by atoms with Gasteiger partial charge in [-0.05, 0) is 6.42 Å². The molecular weight excluding hydrogens is 363 g/mol. The monoisotopic (exact) mass is 396 g/mol. The highest BCUT2D eigenvalue weighted by atomic mass is 127. The van der Waals surface area contributed by atoms with Gasteiger partial charge in [0.1, 0.15) is 0 Å². The Labute approximate surface area is 139 Å². The third-order valence-corrected chi connectivity index (χ3v) is 4.80. The molecule has 0 N–H and O–H groups in total. The van der Waals surface area contributed by atoms with Crippen LogP contribution in [0.1, 0.15) is 90.4 Å². The lowest BCUT2D eigenvalue weighted by atomic mass is 10.0. The average molecular weight is 396 g/mol. The first kappa shape index (κ1) is 20.2. The number of halogens is 1. The fraction of sp³-hybridized carbons (Fsp3) is 0.941. The van der Waals surface area contributed by atoms with E-state index in [1.807, 2.05) is 0 Å².